The number of halogens is 2. The van der Waals surface area contributed by atoms with E-state index in [4.69, 9.17) is 11.6 Å². The molecule has 3 nitrogen and oxygen atoms in total. The predicted molar refractivity (Wildman–Crippen MR) is 95.1 cm³/mol. The molecule has 0 aromatic heterocycles. The van der Waals surface area contributed by atoms with Gasteiger partial charge in [-0.3, -0.25) is 4.72 Å². The first kappa shape index (κ1) is 17.3. The highest BCUT2D eigenvalue weighted by Gasteiger charge is 2.18. The Morgan fingerprint density at radius 3 is 2.14 bits per heavy atom. The highest BCUT2D eigenvalue weighted by Crippen LogP contribution is 2.31. The molecular weight excluding hydrogens is 386 g/mol. The van der Waals surface area contributed by atoms with Crippen LogP contribution in [0.5, 0.6) is 0 Å². The fourth-order valence-electron chi connectivity index (χ4n) is 1.88. The molecule has 1 N–H and O–H groups in total. The summed E-state index contributed by atoms with van der Waals surface area (Å²) in [4.78, 5) is 0.187. The van der Waals surface area contributed by atoms with Gasteiger partial charge in [0.2, 0.25) is 0 Å². The number of sulfonamides is 1. The predicted octanol–water partition coefficient (Wildman–Crippen LogP) is 5.20. The van der Waals surface area contributed by atoms with Crippen LogP contribution in [0.4, 0.5) is 5.69 Å². The molecule has 0 saturated heterocycles. The molecule has 0 amide bonds. The highest BCUT2D eigenvalue weighted by molar-refractivity contribution is 9.10. The first-order chi connectivity index (χ1) is 10.1. The molecule has 118 valence electrons. The second kappa shape index (κ2) is 6.22. The lowest BCUT2D eigenvalue weighted by Crippen LogP contribution is -2.14. The van der Waals surface area contributed by atoms with Crippen LogP contribution in [0.15, 0.2) is 51.8 Å². The molecule has 6 heteroatoms. The summed E-state index contributed by atoms with van der Waals surface area (Å²) in [5.41, 5.74) is 1.37. The standard InChI is InChI=1S/C16H17BrClNO2S/c1-16(2,3)11-4-9-15(14(18)10-11)19-22(20,21)13-7-5-12(17)6-8-13/h4-10,19H,1-3H3. The second-order valence-electron chi connectivity index (χ2n) is 6.00. The van der Waals surface area contributed by atoms with Gasteiger partial charge in [-0.1, -0.05) is 54.4 Å². The number of hydrogen-bond donors (Lipinski definition) is 1. The lowest BCUT2D eigenvalue weighted by molar-refractivity contribution is 0.590. The lowest BCUT2D eigenvalue weighted by Gasteiger charge is -2.20. The number of nitrogens with one attached hydrogen (secondary N) is 1. The van der Waals surface area contributed by atoms with Gasteiger partial charge in [-0.05, 0) is 47.4 Å². The first-order valence-corrected chi connectivity index (χ1v) is 9.33. The topological polar surface area (TPSA) is 46.2 Å². The van der Waals surface area contributed by atoms with Crippen molar-refractivity contribution in [3.63, 3.8) is 0 Å². The van der Waals surface area contributed by atoms with E-state index < -0.39 is 10.0 Å². The van der Waals surface area contributed by atoms with Crippen molar-refractivity contribution >= 4 is 43.2 Å². The summed E-state index contributed by atoms with van der Waals surface area (Å²) in [6, 6.07) is 11.8. The number of anilines is 1. The summed E-state index contributed by atoms with van der Waals surface area (Å²) < 4.78 is 28.1. The van der Waals surface area contributed by atoms with Crippen LogP contribution in [0.3, 0.4) is 0 Å². The SMILES string of the molecule is CC(C)(C)c1ccc(NS(=O)(=O)c2ccc(Br)cc2)c(Cl)c1. The maximum atomic E-state index is 12.4. The van der Waals surface area contributed by atoms with Crippen LogP contribution in [0, 0.1) is 0 Å². The van der Waals surface area contributed by atoms with Crippen molar-refractivity contribution in [3.05, 3.63) is 57.5 Å². The van der Waals surface area contributed by atoms with Crippen LogP contribution in [-0.2, 0) is 15.4 Å². The molecule has 0 saturated carbocycles. The van der Waals surface area contributed by atoms with Gasteiger partial charge in [0.1, 0.15) is 0 Å². The Balaban J connectivity index is 2.32. The van der Waals surface area contributed by atoms with E-state index in [0.29, 0.717) is 10.7 Å². The van der Waals surface area contributed by atoms with Crippen LogP contribution >= 0.6 is 27.5 Å². The van der Waals surface area contributed by atoms with E-state index in [2.05, 4.69) is 41.4 Å². The fourth-order valence-corrected chi connectivity index (χ4v) is 3.51. The summed E-state index contributed by atoms with van der Waals surface area (Å²) in [5.74, 6) is 0. The average molecular weight is 403 g/mol. The third-order valence-electron chi connectivity index (χ3n) is 3.20. The van der Waals surface area contributed by atoms with E-state index in [1.807, 2.05) is 6.07 Å². The lowest BCUT2D eigenvalue weighted by atomic mass is 9.87. The maximum absolute atomic E-state index is 12.4. The fraction of sp³-hybridized carbons (Fsp3) is 0.250. The smallest absolute Gasteiger partial charge is 0.261 e. The molecule has 0 unspecified atom stereocenters. The average Bonchev–Trinajstić information content (AvgIpc) is 2.40. The molecule has 22 heavy (non-hydrogen) atoms. The van der Waals surface area contributed by atoms with Gasteiger partial charge in [0, 0.05) is 4.47 Å². The summed E-state index contributed by atoms with van der Waals surface area (Å²) in [6.45, 7) is 6.22. The zero-order valence-electron chi connectivity index (χ0n) is 12.5. The van der Waals surface area contributed by atoms with Crippen LogP contribution in [0.1, 0.15) is 26.3 Å². The van der Waals surface area contributed by atoms with Crippen LogP contribution in [0.2, 0.25) is 5.02 Å². The van der Waals surface area contributed by atoms with E-state index in [0.717, 1.165) is 10.0 Å². The molecule has 0 aliphatic heterocycles. The minimum Gasteiger partial charge on any atom is -0.278 e. The molecule has 0 heterocycles. The van der Waals surface area contributed by atoms with Gasteiger partial charge < -0.3 is 0 Å². The van der Waals surface area contributed by atoms with Crippen LogP contribution in [-0.4, -0.2) is 8.42 Å². The van der Waals surface area contributed by atoms with Crippen LogP contribution in [0.25, 0.3) is 0 Å². The van der Waals surface area contributed by atoms with Crippen molar-refractivity contribution in [1.29, 1.82) is 0 Å². The quantitative estimate of drug-likeness (QED) is 0.767. The molecule has 0 radical (unpaired) electrons. The van der Waals surface area contributed by atoms with Crippen molar-refractivity contribution in [2.75, 3.05) is 4.72 Å². The largest absolute Gasteiger partial charge is 0.278 e. The van der Waals surface area contributed by atoms with Crippen molar-refractivity contribution in [2.24, 2.45) is 0 Å². The molecule has 2 aromatic carbocycles. The Hall–Kier alpha value is -1.04. The zero-order valence-corrected chi connectivity index (χ0v) is 15.7. The van der Waals surface area contributed by atoms with Crippen molar-refractivity contribution in [3.8, 4) is 0 Å². The molecule has 0 bridgehead atoms. The van der Waals surface area contributed by atoms with Crippen LogP contribution < -0.4 is 4.72 Å². The Morgan fingerprint density at radius 1 is 1.05 bits per heavy atom. The minimum absolute atomic E-state index is 0.0489. The van der Waals surface area contributed by atoms with Crippen molar-refractivity contribution in [2.45, 2.75) is 31.1 Å². The highest BCUT2D eigenvalue weighted by atomic mass is 79.9. The summed E-state index contributed by atoms with van der Waals surface area (Å²) in [7, 11) is -3.66. The molecule has 2 rings (SSSR count). The molecular formula is C16H17BrClNO2S. The number of hydrogen-bond acceptors (Lipinski definition) is 2. The monoisotopic (exact) mass is 401 g/mol. The third kappa shape index (κ3) is 4.03. The summed E-state index contributed by atoms with van der Waals surface area (Å²) >= 11 is 9.50. The molecule has 2 aromatic rings. The van der Waals surface area contributed by atoms with Gasteiger partial charge in [0.25, 0.3) is 10.0 Å². The first-order valence-electron chi connectivity index (χ1n) is 6.68. The summed E-state index contributed by atoms with van der Waals surface area (Å²) in [6.07, 6.45) is 0. The minimum atomic E-state index is -3.66. The van der Waals surface area contributed by atoms with Crippen molar-refractivity contribution in [1.82, 2.24) is 0 Å². The van der Waals surface area contributed by atoms with E-state index >= 15 is 0 Å². The Labute approximate surface area is 144 Å². The number of rotatable bonds is 3. The molecule has 0 fully saturated rings. The summed E-state index contributed by atoms with van der Waals surface area (Å²) in [5, 5.41) is 0.383. The van der Waals surface area contributed by atoms with Gasteiger partial charge in [-0.15, -0.1) is 0 Å². The van der Waals surface area contributed by atoms with Crippen molar-refractivity contribution < 1.29 is 8.42 Å². The van der Waals surface area contributed by atoms with E-state index in [1.54, 1.807) is 24.3 Å². The van der Waals surface area contributed by atoms with Gasteiger partial charge in [0.05, 0.1) is 15.6 Å². The van der Waals surface area contributed by atoms with E-state index in [9.17, 15) is 8.42 Å². The number of benzene rings is 2. The third-order valence-corrected chi connectivity index (χ3v) is 5.43. The molecule has 0 aliphatic rings. The maximum Gasteiger partial charge on any atom is 0.261 e. The second-order valence-corrected chi connectivity index (χ2v) is 9.01. The van der Waals surface area contributed by atoms with Gasteiger partial charge >= 0.3 is 0 Å². The molecule has 0 spiro atoms. The molecule has 0 atom stereocenters. The Bertz CT molecular complexity index is 781. The Morgan fingerprint density at radius 2 is 1.64 bits per heavy atom. The normalized spacial score (nSPS) is 12.2. The Kier molecular flexibility index (Phi) is 4.90. The zero-order chi connectivity index (χ0) is 16.5. The van der Waals surface area contributed by atoms with E-state index in [1.165, 1.54) is 12.1 Å². The van der Waals surface area contributed by atoms with Gasteiger partial charge in [0.15, 0.2) is 0 Å². The van der Waals surface area contributed by atoms with Gasteiger partial charge in [-0.2, -0.15) is 0 Å². The van der Waals surface area contributed by atoms with Gasteiger partial charge in [-0.25, -0.2) is 8.42 Å². The molecule has 0 aliphatic carbocycles. The van der Waals surface area contributed by atoms with E-state index in [-0.39, 0.29) is 10.3 Å².